The van der Waals surface area contributed by atoms with Crippen LogP contribution in [0.2, 0.25) is 0 Å². The summed E-state index contributed by atoms with van der Waals surface area (Å²) in [5.41, 5.74) is -0.147. The summed E-state index contributed by atoms with van der Waals surface area (Å²) in [6, 6.07) is 3.55. The molecule has 0 N–H and O–H groups in total. The fourth-order valence-corrected chi connectivity index (χ4v) is 1.55. The predicted octanol–water partition coefficient (Wildman–Crippen LogP) is 2.25. The van der Waals surface area contributed by atoms with Gasteiger partial charge in [-0.3, -0.25) is 0 Å². The second-order valence-corrected chi connectivity index (χ2v) is 4.42. The summed E-state index contributed by atoms with van der Waals surface area (Å²) in [6.07, 6.45) is 3.76. The summed E-state index contributed by atoms with van der Waals surface area (Å²) < 4.78 is 6.68. The third kappa shape index (κ3) is 2.16. The van der Waals surface area contributed by atoms with E-state index in [1.165, 1.54) is 7.11 Å². The standard InChI is InChI=1S/C11H17NO2/c1-11(2,3)9(10(13)14-4)12-7-5-6-8-12/h5-9H,1-4H3/t9-/m0/s1. The highest BCUT2D eigenvalue weighted by Crippen LogP contribution is 2.31. The molecule has 14 heavy (non-hydrogen) atoms. The molecule has 0 saturated carbocycles. The number of esters is 1. The van der Waals surface area contributed by atoms with Gasteiger partial charge in [-0.2, -0.15) is 0 Å². The van der Waals surface area contributed by atoms with Gasteiger partial charge in [0.1, 0.15) is 6.04 Å². The first-order valence-electron chi connectivity index (χ1n) is 4.67. The van der Waals surface area contributed by atoms with Crippen molar-refractivity contribution < 1.29 is 9.53 Å². The van der Waals surface area contributed by atoms with Crippen molar-refractivity contribution in [2.24, 2.45) is 5.41 Å². The number of aromatic nitrogens is 1. The molecule has 1 rings (SSSR count). The van der Waals surface area contributed by atoms with Crippen LogP contribution in [0.5, 0.6) is 0 Å². The summed E-state index contributed by atoms with van der Waals surface area (Å²) in [6.45, 7) is 6.07. The van der Waals surface area contributed by atoms with Gasteiger partial charge in [-0.15, -0.1) is 0 Å². The van der Waals surface area contributed by atoms with E-state index in [2.05, 4.69) is 0 Å². The molecule has 78 valence electrons. The molecule has 1 atom stereocenters. The van der Waals surface area contributed by atoms with Gasteiger partial charge in [0.25, 0.3) is 0 Å². The van der Waals surface area contributed by atoms with Crippen molar-refractivity contribution in [3.05, 3.63) is 24.5 Å². The molecular weight excluding hydrogens is 178 g/mol. The molecule has 0 saturated heterocycles. The van der Waals surface area contributed by atoms with E-state index in [1.54, 1.807) is 0 Å². The van der Waals surface area contributed by atoms with Crippen LogP contribution in [0.3, 0.4) is 0 Å². The van der Waals surface area contributed by atoms with Crippen molar-refractivity contribution in [1.29, 1.82) is 0 Å². The predicted molar refractivity (Wildman–Crippen MR) is 54.9 cm³/mol. The Balaban J connectivity index is 3.01. The SMILES string of the molecule is COC(=O)[C@H](n1cccc1)C(C)(C)C. The third-order valence-corrected chi connectivity index (χ3v) is 2.17. The van der Waals surface area contributed by atoms with Crippen molar-refractivity contribution in [2.45, 2.75) is 26.8 Å². The van der Waals surface area contributed by atoms with E-state index in [-0.39, 0.29) is 17.4 Å². The smallest absolute Gasteiger partial charge is 0.329 e. The maximum Gasteiger partial charge on any atom is 0.329 e. The molecule has 0 aliphatic heterocycles. The van der Waals surface area contributed by atoms with E-state index in [0.717, 1.165) is 0 Å². The molecule has 3 nitrogen and oxygen atoms in total. The van der Waals surface area contributed by atoms with Crippen LogP contribution < -0.4 is 0 Å². The average Bonchev–Trinajstić information content (AvgIpc) is 2.54. The molecular formula is C11H17NO2. The summed E-state index contributed by atoms with van der Waals surface area (Å²) >= 11 is 0. The number of carbonyl (C=O) groups excluding carboxylic acids is 1. The normalized spacial score (nSPS) is 13.7. The maximum atomic E-state index is 11.6. The lowest BCUT2D eigenvalue weighted by Crippen LogP contribution is -2.31. The molecule has 0 aromatic carbocycles. The Hall–Kier alpha value is -1.25. The van der Waals surface area contributed by atoms with Crippen LogP contribution >= 0.6 is 0 Å². The van der Waals surface area contributed by atoms with Gasteiger partial charge in [0.2, 0.25) is 0 Å². The van der Waals surface area contributed by atoms with Crippen LogP contribution in [0.15, 0.2) is 24.5 Å². The molecule has 0 fully saturated rings. The number of rotatable bonds is 2. The van der Waals surface area contributed by atoms with Gasteiger partial charge in [0, 0.05) is 12.4 Å². The summed E-state index contributed by atoms with van der Waals surface area (Å²) in [4.78, 5) is 11.6. The zero-order chi connectivity index (χ0) is 10.8. The van der Waals surface area contributed by atoms with E-state index in [0.29, 0.717) is 0 Å². The second-order valence-electron chi connectivity index (χ2n) is 4.42. The molecule has 1 aromatic rings. The fraction of sp³-hybridized carbons (Fsp3) is 0.545. The largest absolute Gasteiger partial charge is 0.467 e. The topological polar surface area (TPSA) is 31.2 Å². The minimum atomic E-state index is -0.262. The summed E-state index contributed by atoms with van der Waals surface area (Å²) in [5.74, 6) is -0.200. The van der Waals surface area contributed by atoms with Crippen LogP contribution in [0.1, 0.15) is 26.8 Å². The molecule has 0 unspecified atom stereocenters. The number of nitrogens with zero attached hydrogens (tertiary/aromatic N) is 1. The van der Waals surface area contributed by atoms with Crippen molar-refractivity contribution >= 4 is 5.97 Å². The molecule has 0 radical (unpaired) electrons. The number of hydrogen-bond donors (Lipinski definition) is 0. The highest BCUT2D eigenvalue weighted by Gasteiger charge is 2.33. The lowest BCUT2D eigenvalue weighted by atomic mass is 9.86. The first-order chi connectivity index (χ1) is 6.46. The highest BCUT2D eigenvalue weighted by atomic mass is 16.5. The van der Waals surface area contributed by atoms with Gasteiger partial charge in [-0.05, 0) is 17.5 Å². The second kappa shape index (κ2) is 3.86. The summed E-state index contributed by atoms with van der Waals surface area (Å²) in [5, 5.41) is 0. The van der Waals surface area contributed by atoms with Gasteiger partial charge in [-0.1, -0.05) is 20.8 Å². The molecule has 1 aromatic heterocycles. The van der Waals surface area contributed by atoms with Crippen molar-refractivity contribution in [1.82, 2.24) is 4.57 Å². The van der Waals surface area contributed by atoms with Gasteiger partial charge >= 0.3 is 5.97 Å². The first-order valence-corrected chi connectivity index (χ1v) is 4.67. The quantitative estimate of drug-likeness (QED) is 0.678. The van der Waals surface area contributed by atoms with Crippen LogP contribution in [-0.2, 0) is 9.53 Å². The Morgan fingerprint density at radius 2 is 1.79 bits per heavy atom. The third-order valence-electron chi connectivity index (χ3n) is 2.17. The fourth-order valence-electron chi connectivity index (χ4n) is 1.55. The summed E-state index contributed by atoms with van der Waals surface area (Å²) in [7, 11) is 1.42. The number of hydrogen-bond acceptors (Lipinski definition) is 2. The number of ether oxygens (including phenoxy) is 1. The lowest BCUT2D eigenvalue weighted by molar-refractivity contribution is -0.148. The Kier molecular flexibility index (Phi) is 2.99. The van der Waals surface area contributed by atoms with Gasteiger partial charge in [0.05, 0.1) is 7.11 Å². The van der Waals surface area contributed by atoms with Crippen LogP contribution in [0.25, 0.3) is 0 Å². The molecule has 0 amide bonds. The molecule has 0 aliphatic rings. The van der Waals surface area contributed by atoms with Gasteiger partial charge in [-0.25, -0.2) is 4.79 Å². The Morgan fingerprint density at radius 1 is 1.29 bits per heavy atom. The van der Waals surface area contributed by atoms with Crippen molar-refractivity contribution in [2.75, 3.05) is 7.11 Å². The molecule has 0 spiro atoms. The monoisotopic (exact) mass is 195 g/mol. The van der Waals surface area contributed by atoms with E-state index >= 15 is 0 Å². The molecule has 0 bridgehead atoms. The Morgan fingerprint density at radius 3 is 2.14 bits per heavy atom. The minimum absolute atomic E-state index is 0.147. The molecule has 0 aliphatic carbocycles. The Labute approximate surface area is 84.7 Å². The van der Waals surface area contributed by atoms with E-state index < -0.39 is 0 Å². The number of carbonyl (C=O) groups is 1. The van der Waals surface area contributed by atoms with Crippen LogP contribution in [0.4, 0.5) is 0 Å². The zero-order valence-corrected chi connectivity index (χ0v) is 9.15. The van der Waals surface area contributed by atoms with Crippen molar-refractivity contribution in [3.8, 4) is 0 Å². The number of methoxy groups -OCH3 is 1. The van der Waals surface area contributed by atoms with Crippen molar-refractivity contribution in [3.63, 3.8) is 0 Å². The average molecular weight is 195 g/mol. The minimum Gasteiger partial charge on any atom is -0.467 e. The van der Waals surface area contributed by atoms with Crippen LogP contribution in [0, 0.1) is 5.41 Å². The maximum absolute atomic E-state index is 11.6. The highest BCUT2D eigenvalue weighted by molar-refractivity contribution is 5.75. The first kappa shape index (κ1) is 10.8. The van der Waals surface area contributed by atoms with Crippen LogP contribution in [-0.4, -0.2) is 17.6 Å². The molecule has 3 heteroatoms. The lowest BCUT2D eigenvalue weighted by Gasteiger charge is -2.29. The van der Waals surface area contributed by atoms with Gasteiger partial charge in [0.15, 0.2) is 0 Å². The Bertz CT molecular complexity index is 296. The zero-order valence-electron chi connectivity index (χ0n) is 9.15. The van der Waals surface area contributed by atoms with E-state index in [1.807, 2.05) is 49.9 Å². The molecule has 1 heterocycles. The van der Waals surface area contributed by atoms with E-state index in [4.69, 9.17) is 4.74 Å². The van der Waals surface area contributed by atoms with Gasteiger partial charge < -0.3 is 9.30 Å². The van der Waals surface area contributed by atoms with E-state index in [9.17, 15) is 4.79 Å².